The fraction of sp³-hybridized carbons (Fsp3) is 0.391. The first-order valence-electron chi connectivity index (χ1n) is 10.6. The third-order valence-electron chi connectivity index (χ3n) is 5.73. The molecule has 164 valence electrons. The normalized spacial score (nSPS) is 17.6. The van der Waals surface area contributed by atoms with Gasteiger partial charge in [0, 0.05) is 18.7 Å². The van der Waals surface area contributed by atoms with Crippen LogP contribution in [0.4, 0.5) is 10.5 Å². The SMILES string of the molecule is O=C1CCN(c2ccc(CCS(=O)(=O)c3cccc(OC4CCCC4)c3)cc2)C(=O)N1. The average molecular weight is 443 g/mol. The van der Waals surface area contributed by atoms with Crippen LogP contribution in [-0.2, 0) is 21.1 Å². The summed E-state index contributed by atoms with van der Waals surface area (Å²) in [5.74, 6) is 0.314. The quantitative estimate of drug-likeness (QED) is 0.709. The van der Waals surface area contributed by atoms with Crippen molar-refractivity contribution in [2.45, 2.75) is 49.5 Å². The van der Waals surface area contributed by atoms with Crippen LogP contribution in [0.3, 0.4) is 0 Å². The number of nitrogens with one attached hydrogen (secondary N) is 1. The summed E-state index contributed by atoms with van der Waals surface area (Å²) in [6.07, 6.45) is 5.14. The number of rotatable bonds is 7. The lowest BCUT2D eigenvalue weighted by molar-refractivity contribution is -0.120. The van der Waals surface area contributed by atoms with Crippen molar-refractivity contribution in [2.75, 3.05) is 17.2 Å². The molecule has 31 heavy (non-hydrogen) atoms. The number of hydrogen-bond donors (Lipinski definition) is 1. The van der Waals surface area contributed by atoms with Gasteiger partial charge in [-0.05, 0) is 68.0 Å². The first-order valence-corrected chi connectivity index (χ1v) is 12.3. The number of imide groups is 1. The molecule has 1 saturated carbocycles. The van der Waals surface area contributed by atoms with Crippen LogP contribution in [0.5, 0.6) is 5.75 Å². The van der Waals surface area contributed by atoms with Crippen molar-refractivity contribution < 1.29 is 22.7 Å². The third-order valence-corrected chi connectivity index (χ3v) is 7.44. The van der Waals surface area contributed by atoms with Gasteiger partial charge < -0.3 is 4.74 Å². The lowest BCUT2D eigenvalue weighted by Crippen LogP contribution is -2.49. The third kappa shape index (κ3) is 5.25. The van der Waals surface area contributed by atoms with E-state index in [-0.39, 0.29) is 29.1 Å². The Kier molecular flexibility index (Phi) is 6.27. The van der Waals surface area contributed by atoms with Gasteiger partial charge in [-0.15, -0.1) is 0 Å². The maximum Gasteiger partial charge on any atom is 0.328 e. The highest BCUT2D eigenvalue weighted by atomic mass is 32.2. The van der Waals surface area contributed by atoms with Gasteiger partial charge in [0.1, 0.15) is 5.75 Å². The van der Waals surface area contributed by atoms with Crippen LogP contribution in [0.2, 0.25) is 0 Å². The standard InChI is InChI=1S/C23H26N2O5S/c26-22-12-14-25(23(27)24-22)18-10-8-17(9-11-18)13-15-31(28,29)21-7-3-6-20(16-21)30-19-4-1-2-5-19/h3,6-11,16,19H,1-2,4-5,12-15H2,(H,24,26,27). The molecule has 1 heterocycles. The minimum atomic E-state index is -3.45. The van der Waals surface area contributed by atoms with Gasteiger partial charge in [0.2, 0.25) is 5.91 Å². The lowest BCUT2D eigenvalue weighted by atomic mass is 10.1. The Labute approximate surface area is 182 Å². The monoisotopic (exact) mass is 442 g/mol. The number of urea groups is 1. The molecule has 2 aliphatic rings. The van der Waals surface area contributed by atoms with Gasteiger partial charge in [-0.2, -0.15) is 0 Å². The van der Waals surface area contributed by atoms with Crippen LogP contribution in [0, 0.1) is 0 Å². The van der Waals surface area contributed by atoms with E-state index in [1.165, 1.54) is 4.90 Å². The van der Waals surface area contributed by atoms with Crippen molar-refractivity contribution in [3.8, 4) is 5.75 Å². The van der Waals surface area contributed by atoms with Gasteiger partial charge in [0.05, 0.1) is 16.8 Å². The molecule has 0 atom stereocenters. The predicted octanol–water partition coefficient (Wildman–Crippen LogP) is 3.47. The van der Waals surface area contributed by atoms with Crippen LogP contribution < -0.4 is 15.0 Å². The van der Waals surface area contributed by atoms with Crippen molar-refractivity contribution >= 4 is 27.5 Å². The molecule has 4 rings (SSSR count). The van der Waals surface area contributed by atoms with Gasteiger partial charge >= 0.3 is 6.03 Å². The van der Waals surface area contributed by atoms with Crippen molar-refractivity contribution in [1.82, 2.24) is 5.32 Å². The highest BCUT2D eigenvalue weighted by molar-refractivity contribution is 7.91. The molecule has 0 unspecified atom stereocenters. The van der Waals surface area contributed by atoms with E-state index in [0.717, 1.165) is 31.2 Å². The van der Waals surface area contributed by atoms with E-state index >= 15 is 0 Å². The predicted molar refractivity (Wildman–Crippen MR) is 117 cm³/mol. The Hall–Kier alpha value is -2.87. The van der Waals surface area contributed by atoms with Crippen LogP contribution in [0.15, 0.2) is 53.4 Å². The number of hydrogen-bond acceptors (Lipinski definition) is 5. The molecule has 2 fully saturated rings. The van der Waals surface area contributed by atoms with E-state index in [1.807, 2.05) is 12.1 Å². The molecule has 2 aromatic rings. The highest BCUT2D eigenvalue weighted by Crippen LogP contribution is 2.26. The van der Waals surface area contributed by atoms with E-state index in [9.17, 15) is 18.0 Å². The van der Waals surface area contributed by atoms with Crippen LogP contribution in [-0.4, -0.2) is 38.8 Å². The van der Waals surface area contributed by atoms with E-state index in [4.69, 9.17) is 4.74 Å². The summed E-state index contributed by atoms with van der Waals surface area (Å²) in [6.45, 7) is 0.331. The molecule has 1 aliphatic carbocycles. The summed E-state index contributed by atoms with van der Waals surface area (Å²) in [4.78, 5) is 25.0. The number of ether oxygens (including phenoxy) is 1. The summed E-state index contributed by atoms with van der Waals surface area (Å²) >= 11 is 0. The number of carbonyl (C=O) groups excluding carboxylic acids is 2. The maximum atomic E-state index is 12.8. The average Bonchev–Trinajstić information content (AvgIpc) is 3.26. The molecule has 8 heteroatoms. The number of amides is 3. The van der Waals surface area contributed by atoms with E-state index in [2.05, 4.69) is 5.32 Å². The van der Waals surface area contributed by atoms with E-state index in [0.29, 0.717) is 24.4 Å². The molecule has 3 amide bonds. The smallest absolute Gasteiger partial charge is 0.328 e. The number of carbonyl (C=O) groups is 2. The van der Waals surface area contributed by atoms with Crippen LogP contribution >= 0.6 is 0 Å². The Balaban J connectivity index is 1.38. The molecule has 0 aromatic heterocycles. The molecule has 2 aromatic carbocycles. The Morgan fingerprint density at radius 1 is 1.03 bits per heavy atom. The van der Waals surface area contributed by atoms with Crippen LogP contribution in [0.1, 0.15) is 37.7 Å². The van der Waals surface area contributed by atoms with Gasteiger partial charge in [-0.3, -0.25) is 15.0 Å². The summed E-state index contributed by atoms with van der Waals surface area (Å²) in [6, 6.07) is 13.5. The zero-order chi connectivity index (χ0) is 21.8. The molecule has 0 spiro atoms. The van der Waals surface area contributed by atoms with Gasteiger partial charge in [-0.1, -0.05) is 18.2 Å². The largest absolute Gasteiger partial charge is 0.490 e. The van der Waals surface area contributed by atoms with E-state index in [1.54, 1.807) is 36.4 Å². The van der Waals surface area contributed by atoms with Crippen molar-refractivity contribution in [1.29, 1.82) is 0 Å². The summed E-state index contributed by atoms with van der Waals surface area (Å²) in [5, 5.41) is 2.29. The summed E-state index contributed by atoms with van der Waals surface area (Å²) < 4.78 is 31.6. The minimum absolute atomic E-state index is 0.0159. The fourth-order valence-electron chi connectivity index (χ4n) is 3.96. The number of anilines is 1. The topological polar surface area (TPSA) is 92.8 Å². The second-order valence-electron chi connectivity index (χ2n) is 7.99. The molecular weight excluding hydrogens is 416 g/mol. The lowest BCUT2D eigenvalue weighted by Gasteiger charge is -2.26. The second-order valence-corrected chi connectivity index (χ2v) is 10.1. The van der Waals surface area contributed by atoms with Gasteiger partial charge in [-0.25, -0.2) is 13.2 Å². The Bertz CT molecular complexity index is 1060. The highest BCUT2D eigenvalue weighted by Gasteiger charge is 2.24. The van der Waals surface area contributed by atoms with Crippen LogP contribution in [0.25, 0.3) is 0 Å². The minimum Gasteiger partial charge on any atom is -0.490 e. The molecule has 1 N–H and O–H groups in total. The number of benzene rings is 2. The number of sulfone groups is 1. The summed E-state index contributed by atoms with van der Waals surface area (Å²) in [5.41, 5.74) is 1.53. The molecule has 7 nitrogen and oxygen atoms in total. The second kappa shape index (κ2) is 9.09. The first-order chi connectivity index (χ1) is 14.9. The fourth-order valence-corrected chi connectivity index (χ4v) is 5.28. The van der Waals surface area contributed by atoms with Gasteiger partial charge in [0.15, 0.2) is 9.84 Å². The summed E-state index contributed by atoms with van der Waals surface area (Å²) in [7, 11) is -3.45. The zero-order valence-corrected chi connectivity index (χ0v) is 18.1. The molecular formula is C23H26N2O5S. The van der Waals surface area contributed by atoms with E-state index < -0.39 is 15.9 Å². The zero-order valence-electron chi connectivity index (χ0n) is 17.2. The van der Waals surface area contributed by atoms with Crippen molar-refractivity contribution in [2.24, 2.45) is 0 Å². The van der Waals surface area contributed by atoms with Crippen molar-refractivity contribution in [3.63, 3.8) is 0 Å². The van der Waals surface area contributed by atoms with Gasteiger partial charge in [0.25, 0.3) is 0 Å². The molecule has 1 aliphatic heterocycles. The maximum absolute atomic E-state index is 12.8. The molecule has 1 saturated heterocycles. The Morgan fingerprint density at radius 2 is 1.77 bits per heavy atom. The molecule has 0 bridgehead atoms. The van der Waals surface area contributed by atoms with Crippen molar-refractivity contribution in [3.05, 3.63) is 54.1 Å². The number of nitrogens with zero attached hydrogens (tertiary/aromatic N) is 1. The molecule has 0 radical (unpaired) electrons. The Morgan fingerprint density at radius 3 is 2.48 bits per heavy atom. The first kappa shape index (κ1) is 21.4. The number of aryl methyl sites for hydroxylation is 1.